The first-order chi connectivity index (χ1) is 47.4. The summed E-state index contributed by atoms with van der Waals surface area (Å²) in [4.78, 5) is 178. The molecule has 12 atom stereocenters. The lowest BCUT2D eigenvalue weighted by Gasteiger charge is -2.41. The standard InChI is InChI=1S/C74H112N8O17S/c1-14-47(8)67(60(97-12)41-63(88)82-36-22-28-55(82)69(98-13)48(9)70(92)77-42-59(86)50-24-17-15-18-25-50)80(10)72(94)54(44(2)3)39-58(85)66(46(6)7)81(11)74(96)99-43-49-31-33-52(34-32-49)78-71(93)51(26-21-35-76-73(75)95)38-57(84)65(45(4)5)79-62(87)29-20-16-19-27-53-56(83)40-61(68(53)91)100-37-23-30-64(89)90/h15,17-18,24-25,31-34,44-48,51,53-55,60-61,65-67,69H,14,16,19-23,26-30,35-43H2,1-13H3,(H,77,92)(H,78,93)(H,79,87)(H,89,90)(H3,75,76,95)/t47-,48+,51+,53?,54-,55-,60+,61?,65-,66-,67-,69+/m0/s1. The fourth-order valence-corrected chi connectivity index (χ4v) is 14.7. The van der Waals surface area contributed by atoms with Crippen molar-refractivity contribution < 1.29 is 81.6 Å². The predicted octanol–water partition coefficient (Wildman–Crippen LogP) is 8.61. The van der Waals surface area contributed by atoms with Gasteiger partial charge >= 0.3 is 18.1 Å². The van der Waals surface area contributed by atoms with E-state index in [1.165, 1.54) is 37.9 Å². The number of likely N-dealkylation sites (tertiary alicyclic amines) is 1. The fraction of sp³-hybridized carbons (Fsp3) is 0.662. The van der Waals surface area contributed by atoms with Gasteiger partial charge in [-0.2, -0.15) is 11.8 Å². The molecule has 2 unspecified atom stereocenters. The number of rotatable bonds is 45. The Morgan fingerprint density at radius 2 is 1.43 bits per heavy atom. The van der Waals surface area contributed by atoms with Crippen LogP contribution in [0.2, 0.25) is 0 Å². The second kappa shape index (κ2) is 42.6. The van der Waals surface area contributed by atoms with Crippen LogP contribution in [0.25, 0.3) is 0 Å². The number of carboxylic acid groups (broad SMARTS) is 1. The van der Waals surface area contributed by atoms with Crippen LogP contribution >= 0.6 is 11.8 Å². The molecule has 0 spiro atoms. The molecule has 8 amide bonds. The quantitative estimate of drug-likeness (QED) is 0.0205. The molecule has 100 heavy (non-hydrogen) atoms. The lowest BCUT2D eigenvalue weighted by atomic mass is 9.83. The molecule has 1 saturated heterocycles. The van der Waals surface area contributed by atoms with Crippen molar-refractivity contribution >= 4 is 94.0 Å². The van der Waals surface area contributed by atoms with Crippen LogP contribution < -0.4 is 27.0 Å². The van der Waals surface area contributed by atoms with Crippen molar-refractivity contribution in [3.05, 3.63) is 65.7 Å². The number of amides is 8. The maximum Gasteiger partial charge on any atom is 0.410 e. The number of unbranched alkanes of at least 4 members (excludes halogenated alkanes) is 2. The molecule has 2 fully saturated rings. The van der Waals surface area contributed by atoms with Gasteiger partial charge in [0.1, 0.15) is 12.4 Å². The molecule has 25 nitrogen and oxygen atoms in total. The number of nitrogens with one attached hydrogen (secondary N) is 4. The normalized spacial score (nSPS) is 18.0. The minimum Gasteiger partial charge on any atom is -0.481 e. The largest absolute Gasteiger partial charge is 0.481 e. The van der Waals surface area contributed by atoms with E-state index in [4.69, 9.17) is 25.1 Å². The van der Waals surface area contributed by atoms with Crippen LogP contribution in [0.15, 0.2) is 54.6 Å². The van der Waals surface area contributed by atoms with Gasteiger partial charge < -0.3 is 61.0 Å². The average Bonchev–Trinajstić information content (AvgIpc) is 1.65. The number of thioether (sulfide) groups is 1. The Morgan fingerprint density at radius 3 is 2.03 bits per heavy atom. The van der Waals surface area contributed by atoms with Crippen LogP contribution in [0.5, 0.6) is 0 Å². The minimum atomic E-state index is -0.982. The molecule has 1 aliphatic carbocycles. The number of carbonyl (C=O) groups is 13. The second-order valence-electron chi connectivity index (χ2n) is 27.8. The van der Waals surface area contributed by atoms with Crippen LogP contribution in [0.3, 0.4) is 0 Å². The molecule has 26 heteroatoms. The Hall–Kier alpha value is -7.58. The summed E-state index contributed by atoms with van der Waals surface area (Å²) >= 11 is 1.32. The Balaban J connectivity index is 1.35. The van der Waals surface area contributed by atoms with E-state index in [1.54, 1.807) is 106 Å². The number of aliphatic carboxylic acids is 1. The fourth-order valence-electron chi connectivity index (χ4n) is 13.5. The molecule has 7 N–H and O–H groups in total. The number of methoxy groups -OCH3 is 2. The highest BCUT2D eigenvalue weighted by molar-refractivity contribution is 8.00. The third kappa shape index (κ3) is 26.1. The maximum atomic E-state index is 14.9. The highest BCUT2D eigenvalue weighted by Gasteiger charge is 2.45. The highest BCUT2D eigenvalue weighted by atomic mass is 32.2. The lowest BCUT2D eigenvalue weighted by Crippen LogP contribution is -2.54. The Labute approximate surface area is 594 Å². The molecular formula is C74H112N8O17S. The number of nitrogens with zero attached hydrogens (tertiary/aromatic N) is 3. The third-order valence-corrected chi connectivity index (χ3v) is 20.8. The summed E-state index contributed by atoms with van der Waals surface area (Å²) in [6, 6.07) is 11.5. The molecule has 556 valence electrons. The van der Waals surface area contributed by atoms with Crippen molar-refractivity contribution in [1.29, 1.82) is 0 Å². The number of likely N-dealkylation sites (N-methyl/N-ethyl adjacent to an activating group) is 2. The lowest BCUT2D eigenvalue weighted by molar-refractivity contribution is -0.149. The average molecular weight is 1420 g/mol. The zero-order valence-corrected chi connectivity index (χ0v) is 61.8. The maximum absolute atomic E-state index is 14.9. The Morgan fingerprint density at radius 1 is 0.750 bits per heavy atom. The predicted molar refractivity (Wildman–Crippen MR) is 381 cm³/mol. The summed E-state index contributed by atoms with van der Waals surface area (Å²) in [7, 11) is 6.14. The van der Waals surface area contributed by atoms with Crippen LogP contribution in [0.1, 0.15) is 181 Å². The second-order valence-corrected chi connectivity index (χ2v) is 29.1. The molecule has 4 rings (SSSR count). The molecule has 1 heterocycles. The number of carbonyl (C=O) groups excluding carboxylic acids is 12. The number of Topliss-reactive ketones (excluding diaryl/α,β-unsaturated/α-hetero) is 5. The van der Waals surface area contributed by atoms with Gasteiger partial charge in [-0.05, 0) is 92.1 Å². The van der Waals surface area contributed by atoms with E-state index < -0.39 is 95.2 Å². The minimum absolute atomic E-state index is 0.00175. The zero-order valence-electron chi connectivity index (χ0n) is 61.0. The summed E-state index contributed by atoms with van der Waals surface area (Å²) in [6.45, 7) is 16.7. The highest BCUT2D eigenvalue weighted by Crippen LogP contribution is 2.34. The number of urea groups is 1. The van der Waals surface area contributed by atoms with E-state index in [9.17, 15) is 62.3 Å². The van der Waals surface area contributed by atoms with Gasteiger partial charge in [0.05, 0.1) is 66.4 Å². The molecule has 2 aromatic carbocycles. The number of benzene rings is 2. The van der Waals surface area contributed by atoms with Gasteiger partial charge in [0.15, 0.2) is 23.1 Å². The number of anilines is 1. The van der Waals surface area contributed by atoms with E-state index in [0.717, 1.165) is 0 Å². The first-order valence-electron chi connectivity index (χ1n) is 35.4. The number of ketones is 5. The number of ether oxygens (including phenoxy) is 3. The van der Waals surface area contributed by atoms with Crippen molar-refractivity contribution in [2.24, 2.45) is 53.1 Å². The summed E-state index contributed by atoms with van der Waals surface area (Å²) in [5.41, 5.74) is 6.67. The van der Waals surface area contributed by atoms with Gasteiger partial charge in [-0.3, -0.25) is 52.7 Å². The summed E-state index contributed by atoms with van der Waals surface area (Å²) in [5, 5.41) is 19.4. The van der Waals surface area contributed by atoms with Crippen molar-refractivity contribution in [1.82, 2.24) is 30.7 Å². The van der Waals surface area contributed by atoms with Gasteiger partial charge in [-0.15, -0.1) is 0 Å². The summed E-state index contributed by atoms with van der Waals surface area (Å²) in [6.07, 6.45) is 2.21. The van der Waals surface area contributed by atoms with E-state index >= 15 is 0 Å². The molecule has 0 aromatic heterocycles. The molecule has 0 radical (unpaired) electrons. The van der Waals surface area contributed by atoms with Gasteiger partial charge in [-0.25, -0.2) is 9.59 Å². The molecule has 2 aliphatic rings. The van der Waals surface area contributed by atoms with Crippen molar-refractivity contribution in [3.63, 3.8) is 0 Å². The summed E-state index contributed by atoms with van der Waals surface area (Å²) in [5.74, 6) is -7.71. The number of nitrogens with two attached hydrogens (primary N) is 1. The number of hydrogen-bond donors (Lipinski definition) is 6. The van der Waals surface area contributed by atoms with Gasteiger partial charge in [-0.1, -0.05) is 124 Å². The van der Waals surface area contributed by atoms with E-state index in [-0.39, 0.29) is 135 Å². The van der Waals surface area contributed by atoms with Crippen molar-refractivity contribution in [2.75, 3.05) is 59.0 Å². The van der Waals surface area contributed by atoms with Crippen LogP contribution in [-0.4, -0.2) is 192 Å². The molecule has 0 bridgehead atoms. The topological polar surface area (TPSA) is 354 Å². The van der Waals surface area contributed by atoms with Gasteiger partial charge in [0, 0.05) is 96.6 Å². The Kier molecular flexibility index (Phi) is 36.2. The molecule has 1 saturated carbocycles. The number of primary amides is 1. The first kappa shape index (κ1) is 84.8. The first-order valence-corrected chi connectivity index (χ1v) is 36.5. The Bertz CT molecular complexity index is 3080. The van der Waals surface area contributed by atoms with E-state index in [1.807, 2.05) is 27.7 Å². The monoisotopic (exact) mass is 1420 g/mol. The van der Waals surface area contributed by atoms with Crippen LogP contribution in [0, 0.1) is 47.3 Å². The smallest absolute Gasteiger partial charge is 0.410 e. The zero-order chi connectivity index (χ0) is 74.5. The van der Waals surface area contributed by atoms with Crippen molar-refractivity contribution in [2.45, 2.75) is 213 Å². The van der Waals surface area contributed by atoms with E-state index in [0.29, 0.717) is 86.9 Å². The van der Waals surface area contributed by atoms with Gasteiger partial charge in [0.2, 0.25) is 29.5 Å². The van der Waals surface area contributed by atoms with Gasteiger partial charge in [0.25, 0.3) is 0 Å². The van der Waals surface area contributed by atoms with E-state index in [2.05, 4.69) is 21.3 Å². The molecular weight excluding hydrogens is 1300 g/mol. The SMILES string of the molecule is CC[C@H](C)[C@@H]([C@@H](CC(=O)N1CCC[C@H]1[C@H](OC)[C@@H](C)C(=O)NCC(=O)c1ccccc1)OC)N(C)C(=O)[C@@H](CC(=O)[C@H](C(C)C)N(C)C(=O)OCc1ccc(NC(=O)[C@H](CCCNC(N)=O)CC(=O)[C@@H](NC(=O)CCCCCC2C(=O)CC(SCCCC(=O)O)C2=O)C(C)C)cc1)C(C)C. The summed E-state index contributed by atoms with van der Waals surface area (Å²) < 4.78 is 17.8. The van der Waals surface area contributed by atoms with Crippen molar-refractivity contribution in [3.8, 4) is 0 Å². The third-order valence-electron chi connectivity index (χ3n) is 19.4. The van der Waals surface area contributed by atoms with Crippen LogP contribution in [-0.2, 0) is 68.8 Å². The molecule has 2 aromatic rings. The molecule has 1 aliphatic heterocycles. The van der Waals surface area contributed by atoms with Crippen LogP contribution in [0.4, 0.5) is 15.3 Å². The number of hydrogen-bond acceptors (Lipinski definition) is 17. The number of carboxylic acids is 1.